The molecular weight excluding hydrogens is 273 g/mol. The third kappa shape index (κ3) is 2.84. The minimum atomic E-state index is -0.444. The van der Waals surface area contributed by atoms with Crippen LogP contribution in [-0.4, -0.2) is 40.5 Å². The Morgan fingerprint density at radius 1 is 1.29 bits per heavy atom. The van der Waals surface area contributed by atoms with Crippen molar-refractivity contribution in [1.29, 1.82) is 0 Å². The van der Waals surface area contributed by atoms with E-state index in [0.29, 0.717) is 11.3 Å². The Kier molecular flexibility index (Phi) is 3.88. The topological polar surface area (TPSA) is 55.2 Å². The summed E-state index contributed by atoms with van der Waals surface area (Å²) in [5.74, 6) is -0.947. The van der Waals surface area contributed by atoms with Gasteiger partial charge in [0, 0.05) is 25.9 Å². The molecule has 1 aromatic heterocycles. The van der Waals surface area contributed by atoms with Gasteiger partial charge in [0.05, 0.1) is 5.69 Å². The zero-order valence-electron chi connectivity index (χ0n) is 12.3. The number of aromatic nitrogens is 2. The average molecular weight is 289 g/mol. The van der Waals surface area contributed by atoms with E-state index in [1.807, 2.05) is 0 Å². The van der Waals surface area contributed by atoms with Crippen LogP contribution in [0.1, 0.15) is 33.3 Å². The Balaban J connectivity index is 2.54. The SMILES string of the molecule is CC(=O)c1cc(F)c(C)cc1-n1ccc(C(=O)N(C)C)n1. The first-order valence-electron chi connectivity index (χ1n) is 6.40. The fraction of sp³-hybridized carbons (Fsp3) is 0.267. The van der Waals surface area contributed by atoms with Crippen molar-refractivity contribution in [3.63, 3.8) is 0 Å². The van der Waals surface area contributed by atoms with E-state index in [4.69, 9.17) is 0 Å². The maximum absolute atomic E-state index is 13.6. The molecule has 5 nitrogen and oxygen atoms in total. The molecule has 0 aliphatic carbocycles. The van der Waals surface area contributed by atoms with Gasteiger partial charge >= 0.3 is 0 Å². The molecule has 0 aliphatic rings. The minimum Gasteiger partial charge on any atom is -0.343 e. The zero-order chi connectivity index (χ0) is 15.7. The Morgan fingerprint density at radius 3 is 2.52 bits per heavy atom. The van der Waals surface area contributed by atoms with Crippen molar-refractivity contribution in [2.45, 2.75) is 13.8 Å². The van der Waals surface area contributed by atoms with Gasteiger partial charge in [0.25, 0.3) is 5.91 Å². The number of amides is 1. The molecule has 6 heteroatoms. The highest BCUT2D eigenvalue weighted by Gasteiger charge is 2.16. The number of benzene rings is 1. The van der Waals surface area contributed by atoms with E-state index in [9.17, 15) is 14.0 Å². The van der Waals surface area contributed by atoms with Crippen LogP contribution in [0.4, 0.5) is 4.39 Å². The van der Waals surface area contributed by atoms with E-state index in [1.54, 1.807) is 39.3 Å². The molecule has 21 heavy (non-hydrogen) atoms. The molecule has 110 valence electrons. The first-order valence-corrected chi connectivity index (χ1v) is 6.40. The molecule has 1 amide bonds. The molecule has 0 radical (unpaired) electrons. The molecule has 2 rings (SSSR count). The van der Waals surface area contributed by atoms with Gasteiger partial charge in [-0.2, -0.15) is 5.10 Å². The number of carbonyl (C=O) groups is 2. The van der Waals surface area contributed by atoms with Gasteiger partial charge in [0.2, 0.25) is 0 Å². The molecule has 1 heterocycles. The molecule has 0 saturated heterocycles. The highest BCUT2D eigenvalue weighted by molar-refractivity contribution is 5.98. The van der Waals surface area contributed by atoms with Crippen molar-refractivity contribution in [2.24, 2.45) is 0 Å². The van der Waals surface area contributed by atoms with Crippen molar-refractivity contribution in [1.82, 2.24) is 14.7 Å². The summed E-state index contributed by atoms with van der Waals surface area (Å²) in [6.07, 6.45) is 1.58. The Hall–Kier alpha value is -2.50. The summed E-state index contributed by atoms with van der Waals surface area (Å²) in [5, 5.41) is 4.17. The summed E-state index contributed by atoms with van der Waals surface area (Å²) in [4.78, 5) is 24.9. The van der Waals surface area contributed by atoms with Gasteiger partial charge in [0.15, 0.2) is 11.5 Å². The van der Waals surface area contributed by atoms with Gasteiger partial charge < -0.3 is 4.90 Å². The second-order valence-corrected chi connectivity index (χ2v) is 5.02. The number of hydrogen-bond acceptors (Lipinski definition) is 3. The maximum atomic E-state index is 13.6. The number of hydrogen-bond donors (Lipinski definition) is 0. The van der Waals surface area contributed by atoms with Crippen molar-refractivity contribution in [3.8, 4) is 5.69 Å². The quantitative estimate of drug-likeness (QED) is 0.814. The lowest BCUT2D eigenvalue weighted by Crippen LogP contribution is -2.22. The number of rotatable bonds is 3. The van der Waals surface area contributed by atoms with Crippen LogP contribution in [0.2, 0.25) is 0 Å². The van der Waals surface area contributed by atoms with Crippen molar-refractivity contribution < 1.29 is 14.0 Å². The van der Waals surface area contributed by atoms with E-state index in [0.717, 1.165) is 0 Å². The summed E-state index contributed by atoms with van der Waals surface area (Å²) >= 11 is 0. The monoisotopic (exact) mass is 289 g/mol. The predicted molar refractivity (Wildman–Crippen MR) is 76.3 cm³/mol. The molecule has 0 spiro atoms. The normalized spacial score (nSPS) is 10.5. The lowest BCUT2D eigenvalue weighted by atomic mass is 10.1. The molecule has 2 aromatic rings. The summed E-state index contributed by atoms with van der Waals surface area (Å²) in [5.41, 5.74) is 1.35. The molecule has 1 aromatic carbocycles. The standard InChI is InChI=1S/C15H16FN3O2/c1-9-7-14(11(10(2)20)8-12(9)16)19-6-5-13(17-19)15(21)18(3)4/h5-8H,1-4H3. The average Bonchev–Trinajstić information content (AvgIpc) is 2.89. The molecule has 0 N–H and O–H groups in total. The van der Waals surface area contributed by atoms with Gasteiger partial charge in [-0.3, -0.25) is 9.59 Å². The van der Waals surface area contributed by atoms with Gasteiger partial charge in [0.1, 0.15) is 5.82 Å². The van der Waals surface area contributed by atoms with E-state index in [2.05, 4.69) is 5.10 Å². The molecular formula is C15H16FN3O2. The van der Waals surface area contributed by atoms with E-state index in [1.165, 1.54) is 22.6 Å². The molecule has 0 unspecified atom stereocenters. The number of aryl methyl sites for hydroxylation is 1. The minimum absolute atomic E-state index is 0.227. The Labute approximate surface area is 122 Å². The number of carbonyl (C=O) groups excluding carboxylic acids is 2. The summed E-state index contributed by atoms with van der Waals surface area (Å²) in [6.45, 7) is 2.97. The molecule has 0 aliphatic heterocycles. The van der Waals surface area contributed by atoms with Crippen molar-refractivity contribution >= 4 is 11.7 Å². The molecule has 0 saturated carbocycles. The van der Waals surface area contributed by atoms with Gasteiger partial charge in [-0.1, -0.05) is 0 Å². The van der Waals surface area contributed by atoms with Crippen LogP contribution in [0, 0.1) is 12.7 Å². The number of halogens is 1. The summed E-state index contributed by atoms with van der Waals surface area (Å²) in [6, 6.07) is 4.30. The number of ketones is 1. The van der Waals surface area contributed by atoms with Crippen LogP contribution in [0.15, 0.2) is 24.4 Å². The lowest BCUT2D eigenvalue weighted by molar-refractivity contribution is 0.0821. The Morgan fingerprint density at radius 2 is 1.95 bits per heavy atom. The molecule has 0 atom stereocenters. The highest BCUT2D eigenvalue weighted by Crippen LogP contribution is 2.20. The van der Waals surface area contributed by atoms with Gasteiger partial charge in [-0.05, 0) is 37.6 Å². The van der Waals surface area contributed by atoms with Crippen LogP contribution in [0.25, 0.3) is 5.69 Å². The number of Topliss-reactive ketones (excluding diaryl/α,β-unsaturated/α-hetero) is 1. The number of nitrogens with zero attached hydrogens (tertiary/aromatic N) is 3. The summed E-state index contributed by atoms with van der Waals surface area (Å²) in [7, 11) is 3.26. The fourth-order valence-corrected chi connectivity index (χ4v) is 1.94. The zero-order valence-corrected chi connectivity index (χ0v) is 12.3. The van der Waals surface area contributed by atoms with Crippen molar-refractivity contribution in [2.75, 3.05) is 14.1 Å². The van der Waals surface area contributed by atoms with Gasteiger partial charge in [-0.15, -0.1) is 0 Å². The molecule has 0 fully saturated rings. The van der Waals surface area contributed by atoms with Crippen LogP contribution in [0.5, 0.6) is 0 Å². The highest BCUT2D eigenvalue weighted by atomic mass is 19.1. The van der Waals surface area contributed by atoms with Crippen LogP contribution < -0.4 is 0 Å². The van der Waals surface area contributed by atoms with Crippen LogP contribution in [0.3, 0.4) is 0 Å². The van der Waals surface area contributed by atoms with E-state index >= 15 is 0 Å². The second kappa shape index (κ2) is 5.47. The van der Waals surface area contributed by atoms with Crippen LogP contribution in [-0.2, 0) is 0 Å². The van der Waals surface area contributed by atoms with Gasteiger partial charge in [-0.25, -0.2) is 9.07 Å². The van der Waals surface area contributed by atoms with E-state index in [-0.39, 0.29) is 22.9 Å². The molecule has 0 bridgehead atoms. The smallest absolute Gasteiger partial charge is 0.273 e. The Bertz CT molecular complexity index is 720. The lowest BCUT2D eigenvalue weighted by Gasteiger charge is -2.10. The third-order valence-corrected chi connectivity index (χ3v) is 3.12. The summed E-state index contributed by atoms with van der Waals surface area (Å²) < 4.78 is 15.0. The van der Waals surface area contributed by atoms with Crippen LogP contribution >= 0.6 is 0 Å². The predicted octanol–water partition coefficient (Wildman–Crippen LogP) is 2.22. The fourth-order valence-electron chi connectivity index (χ4n) is 1.94. The van der Waals surface area contributed by atoms with E-state index < -0.39 is 5.82 Å². The second-order valence-electron chi connectivity index (χ2n) is 5.02. The van der Waals surface area contributed by atoms with Crippen molar-refractivity contribution in [3.05, 3.63) is 47.0 Å². The maximum Gasteiger partial charge on any atom is 0.273 e. The largest absolute Gasteiger partial charge is 0.343 e. The first-order chi connectivity index (χ1) is 9.81. The third-order valence-electron chi connectivity index (χ3n) is 3.12. The first kappa shape index (κ1) is 14.9.